The van der Waals surface area contributed by atoms with Crippen LogP contribution < -0.4 is 4.74 Å². The number of fused-ring (bicyclic) bond motifs is 1. The van der Waals surface area contributed by atoms with Crippen LogP contribution in [0.5, 0.6) is 5.75 Å². The van der Waals surface area contributed by atoms with Gasteiger partial charge in [-0.15, -0.1) is 12.4 Å². The number of methoxy groups -OCH3 is 1. The number of halogens is 1. The first-order valence-electron chi connectivity index (χ1n) is 4.20. The van der Waals surface area contributed by atoms with Crippen LogP contribution >= 0.6 is 12.4 Å². The SMILES string of the molecule is COc1ccc2nccc(C)c2c1.Cl. The largest absolute Gasteiger partial charge is 0.497 e. The summed E-state index contributed by atoms with van der Waals surface area (Å²) < 4.78 is 5.15. The molecule has 3 heteroatoms. The van der Waals surface area contributed by atoms with E-state index in [2.05, 4.69) is 11.9 Å². The summed E-state index contributed by atoms with van der Waals surface area (Å²) in [6.45, 7) is 2.07. The number of hydrogen-bond donors (Lipinski definition) is 0. The predicted molar refractivity (Wildman–Crippen MR) is 60.3 cm³/mol. The van der Waals surface area contributed by atoms with E-state index in [0.717, 1.165) is 16.7 Å². The summed E-state index contributed by atoms with van der Waals surface area (Å²) in [5.74, 6) is 0.878. The molecule has 0 N–H and O–H groups in total. The molecule has 0 fully saturated rings. The third kappa shape index (κ3) is 1.80. The van der Waals surface area contributed by atoms with Gasteiger partial charge in [0.15, 0.2) is 0 Å². The molecule has 0 saturated carbocycles. The van der Waals surface area contributed by atoms with E-state index >= 15 is 0 Å². The Labute approximate surface area is 89.3 Å². The highest BCUT2D eigenvalue weighted by Gasteiger charge is 1.98. The van der Waals surface area contributed by atoms with Crippen molar-refractivity contribution < 1.29 is 4.74 Å². The fourth-order valence-electron chi connectivity index (χ4n) is 1.39. The topological polar surface area (TPSA) is 22.1 Å². The average Bonchev–Trinajstić information content (AvgIpc) is 2.18. The zero-order valence-corrected chi connectivity index (χ0v) is 8.97. The van der Waals surface area contributed by atoms with Crippen molar-refractivity contribution in [3.05, 3.63) is 36.0 Å². The van der Waals surface area contributed by atoms with Crippen LogP contribution in [0.1, 0.15) is 5.56 Å². The van der Waals surface area contributed by atoms with E-state index in [1.54, 1.807) is 7.11 Å². The molecule has 0 radical (unpaired) electrons. The maximum atomic E-state index is 5.15. The number of ether oxygens (including phenoxy) is 1. The summed E-state index contributed by atoms with van der Waals surface area (Å²) in [5, 5.41) is 1.15. The standard InChI is InChI=1S/C11H11NO.ClH/c1-8-5-6-12-11-4-3-9(13-2)7-10(8)11;/h3-7H,1-2H3;1H. The van der Waals surface area contributed by atoms with Crippen molar-refractivity contribution in [3.8, 4) is 5.75 Å². The van der Waals surface area contributed by atoms with Crippen molar-refractivity contribution in [3.63, 3.8) is 0 Å². The molecule has 2 nitrogen and oxygen atoms in total. The van der Waals surface area contributed by atoms with Gasteiger partial charge in [0.1, 0.15) is 5.75 Å². The van der Waals surface area contributed by atoms with Crippen molar-refractivity contribution >= 4 is 23.3 Å². The Bertz CT molecular complexity index is 442. The van der Waals surface area contributed by atoms with Gasteiger partial charge in [0.25, 0.3) is 0 Å². The molecular formula is C11H12ClNO. The van der Waals surface area contributed by atoms with Crippen molar-refractivity contribution in [2.75, 3.05) is 7.11 Å². The molecule has 0 bridgehead atoms. The monoisotopic (exact) mass is 209 g/mol. The Kier molecular flexibility index (Phi) is 3.31. The van der Waals surface area contributed by atoms with Gasteiger partial charge in [-0.3, -0.25) is 4.98 Å². The first-order chi connectivity index (χ1) is 6.31. The Morgan fingerprint density at radius 3 is 2.71 bits per heavy atom. The molecule has 0 amide bonds. The van der Waals surface area contributed by atoms with Crippen LogP contribution in [-0.2, 0) is 0 Å². The summed E-state index contributed by atoms with van der Waals surface area (Å²) in [6.07, 6.45) is 1.82. The van der Waals surface area contributed by atoms with Crippen LogP contribution in [0.2, 0.25) is 0 Å². The van der Waals surface area contributed by atoms with Crippen LogP contribution in [-0.4, -0.2) is 12.1 Å². The second kappa shape index (κ2) is 4.29. The molecule has 1 heterocycles. The third-order valence-corrected chi connectivity index (χ3v) is 2.17. The van der Waals surface area contributed by atoms with Gasteiger partial charge in [-0.2, -0.15) is 0 Å². The summed E-state index contributed by atoms with van der Waals surface area (Å²) in [5.41, 5.74) is 2.24. The number of benzene rings is 1. The van der Waals surface area contributed by atoms with Gasteiger partial charge in [0.05, 0.1) is 12.6 Å². The highest BCUT2D eigenvalue weighted by molar-refractivity contribution is 5.85. The smallest absolute Gasteiger partial charge is 0.119 e. The van der Waals surface area contributed by atoms with E-state index < -0.39 is 0 Å². The van der Waals surface area contributed by atoms with Gasteiger partial charge >= 0.3 is 0 Å². The van der Waals surface area contributed by atoms with Crippen LogP contribution in [0.3, 0.4) is 0 Å². The molecule has 0 atom stereocenters. The van der Waals surface area contributed by atoms with Gasteiger partial charge in [0.2, 0.25) is 0 Å². The molecule has 0 unspecified atom stereocenters. The summed E-state index contributed by atoms with van der Waals surface area (Å²) in [4.78, 5) is 4.26. The van der Waals surface area contributed by atoms with Crippen LogP contribution in [0.25, 0.3) is 10.9 Å². The molecule has 1 aromatic heterocycles. The first-order valence-corrected chi connectivity index (χ1v) is 4.20. The maximum absolute atomic E-state index is 5.15. The minimum Gasteiger partial charge on any atom is -0.497 e. The number of aromatic nitrogens is 1. The molecule has 74 valence electrons. The molecule has 0 saturated heterocycles. The number of pyridine rings is 1. The Hall–Kier alpha value is -1.28. The lowest BCUT2D eigenvalue weighted by atomic mass is 10.1. The van der Waals surface area contributed by atoms with Crippen LogP contribution in [0.4, 0.5) is 0 Å². The highest BCUT2D eigenvalue weighted by atomic mass is 35.5. The molecule has 0 aliphatic carbocycles. The minimum absolute atomic E-state index is 0. The second-order valence-electron chi connectivity index (χ2n) is 3.01. The van der Waals surface area contributed by atoms with E-state index in [1.807, 2.05) is 30.5 Å². The molecule has 14 heavy (non-hydrogen) atoms. The number of nitrogens with zero attached hydrogens (tertiary/aromatic N) is 1. The number of aryl methyl sites for hydroxylation is 1. The van der Waals surface area contributed by atoms with Gasteiger partial charge in [-0.25, -0.2) is 0 Å². The summed E-state index contributed by atoms with van der Waals surface area (Å²) in [6, 6.07) is 7.91. The van der Waals surface area contributed by atoms with Gasteiger partial charge in [0, 0.05) is 11.6 Å². The molecular weight excluding hydrogens is 198 g/mol. The van der Waals surface area contributed by atoms with E-state index in [1.165, 1.54) is 5.56 Å². The number of rotatable bonds is 1. The zero-order valence-electron chi connectivity index (χ0n) is 8.15. The Morgan fingerprint density at radius 2 is 2.00 bits per heavy atom. The lowest BCUT2D eigenvalue weighted by Gasteiger charge is -2.03. The predicted octanol–water partition coefficient (Wildman–Crippen LogP) is 2.97. The lowest BCUT2D eigenvalue weighted by molar-refractivity contribution is 0.415. The Balaban J connectivity index is 0.000000980. The highest BCUT2D eigenvalue weighted by Crippen LogP contribution is 2.21. The first kappa shape index (κ1) is 10.8. The molecule has 0 spiro atoms. The minimum atomic E-state index is 0. The maximum Gasteiger partial charge on any atom is 0.119 e. The molecule has 2 rings (SSSR count). The lowest BCUT2D eigenvalue weighted by Crippen LogP contribution is -1.85. The van der Waals surface area contributed by atoms with Crippen molar-refractivity contribution in [1.82, 2.24) is 4.98 Å². The fourth-order valence-corrected chi connectivity index (χ4v) is 1.39. The normalized spacial score (nSPS) is 9.57. The van der Waals surface area contributed by atoms with Crippen molar-refractivity contribution in [2.24, 2.45) is 0 Å². The number of hydrogen-bond acceptors (Lipinski definition) is 2. The molecule has 0 aliphatic rings. The average molecular weight is 210 g/mol. The quantitative estimate of drug-likeness (QED) is 0.721. The molecule has 0 aliphatic heterocycles. The fraction of sp³-hybridized carbons (Fsp3) is 0.182. The summed E-state index contributed by atoms with van der Waals surface area (Å²) in [7, 11) is 1.67. The second-order valence-corrected chi connectivity index (χ2v) is 3.01. The summed E-state index contributed by atoms with van der Waals surface area (Å²) >= 11 is 0. The Morgan fingerprint density at radius 1 is 1.21 bits per heavy atom. The zero-order chi connectivity index (χ0) is 9.26. The van der Waals surface area contributed by atoms with Crippen LogP contribution in [0, 0.1) is 6.92 Å². The van der Waals surface area contributed by atoms with E-state index in [9.17, 15) is 0 Å². The van der Waals surface area contributed by atoms with Crippen LogP contribution in [0.15, 0.2) is 30.5 Å². The third-order valence-electron chi connectivity index (χ3n) is 2.17. The van der Waals surface area contributed by atoms with E-state index in [0.29, 0.717) is 0 Å². The van der Waals surface area contributed by atoms with Gasteiger partial charge < -0.3 is 4.74 Å². The molecule has 1 aromatic carbocycles. The van der Waals surface area contributed by atoms with Gasteiger partial charge in [-0.05, 0) is 36.8 Å². The van der Waals surface area contributed by atoms with E-state index in [-0.39, 0.29) is 12.4 Å². The van der Waals surface area contributed by atoms with Gasteiger partial charge in [-0.1, -0.05) is 0 Å². The molecule has 2 aromatic rings. The van der Waals surface area contributed by atoms with E-state index in [4.69, 9.17) is 4.74 Å². The van der Waals surface area contributed by atoms with Crippen molar-refractivity contribution in [2.45, 2.75) is 6.92 Å². The van der Waals surface area contributed by atoms with Crippen molar-refractivity contribution in [1.29, 1.82) is 0 Å².